The van der Waals surface area contributed by atoms with Gasteiger partial charge in [0.05, 0.1) is 12.1 Å². The zero-order valence-electron chi connectivity index (χ0n) is 13.9. The molecule has 3 atom stereocenters. The number of hydrogen-bond acceptors (Lipinski definition) is 3. The minimum absolute atomic E-state index is 0.121. The van der Waals surface area contributed by atoms with E-state index in [9.17, 15) is 5.11 Å². The van der Waals surface area contributed by atoms with Crippen LogP contribution in [0.2, 0.25) is 0 Å². The molecule has 0 aliphatic carbocycles. The highest BCUT2D eigenvalue weighted by Gasteiger charge is 2.30. The average molecular weight is 310 g/mol. The van der Waals surface area contributed by atoms with Crippen LogP contribution in [0.25, 0.3) is 0 Å². The Morgan fingerprint density at radius 2 is 1.91 bits per heavy atom. The van der Waals surface area contributed by atoms with Gasteiger partial charge in [-0.1, -0.05) is 42.5 Å². The van der Waals surface area contributed by atoms with Gasteiger partial charge in [-0.15, -0.1) is 0 Å². The van der Waals surface area contributed by atoms with Crippen LogP contribution in [0, 0.1) is 6.92 Å². The average Bonchev–Trinajstić information content (AvgIpc) is 2.57. The summed E-state index contributed by atoms with van der Waals surface area (Å²) in [5, 5.41) is 14.1. The molecule has 1 aliphatic heterocycles. The molecule has 1 aliphatic rings. The summed E-state index contributed by atoms with van der Waals surface area (Å²) in [5.41, 5.74) is 3.64. The molecule has 0 amide bonds. The van der Waals surface area contributed by atoms with Gasteiger partial charge in [-0.3, -0.25) is 4.90 Å². The Hall–Kier alpha value is -1.84. The lowest BCUT2D eigenvalue weighted by atomic mass is 9.97. The van der Waals surface area contributed by atoms with Crippen LogP contribution in [0.15, 0.2) is 54.6 Å². The molecule has 0 saturated carbocycles. The van der Waals surface area contributed by atoms with Crippen molar-refractivity contribution >= 4 is 5.69 Å². The largest absolute Gasteiger partial charge is 0.390 e. The highest BCUT2D eigenvalue weighted by atomic mass is 16.3. The molecule has 0 radical (unpaired) electrons. The van der Waals surface area contributed by atoms with Gasteiger partial charge in [0.1, 0.15) is 0 Å². The van der Waals surface area contributed by atoms with Gasteiger partial charge >= 0.3 is 0 Å². The van der Waals surface area contributed by atoms with Crippen LogP contribution >= 0.6 is 0 Å². The van der Waals surface area contributed by atoms with Gasteiger partial charge in [-0.25, -0.2) is 0 Å². The maximum Gasteiger partial charge on any atom is 0.0868 e. The van der Waals surface area contributed by atoms with Crippen molar-refractivity contribution < 1.29 is 5.11 Å². The van der Waals surface area contributed by atoms with Gasteiger partial charge in [0.15, 0.2) is 0 Å². The summed E-state index contributed by atoms with van der Waals surface area (Å²) in [6, 6.07) is 19.3. The third-order valence-electron chi connectivity index (χ3n) is 4.81. The molecule has 1 saturated heterocycles. The molecular weight excluding hydrogens is 284 g/mol. The maximum absolute atomic E-state index is 10.6. The summed E-state index contributed by atoms with van der Waals surface area (Å²) in [4.78, 5) is 2.37. The van der Waals surface area contributed by atoms with Gasteiger partial charge in [-0.05, 0) is 43.5 Å². The molecule has 2 aromatic rings. The van der Waals surface area contributed by atoms with Crippen molar-refractivity contribution in [2.45, 2.75) is 38.5 Å². The number of likely N-dealkylation sites (tertiary alicyclic amines) is 1. The Morgan fingerprint density at radius 1 is 1.13 bits per heavy atom. The summed E-state index contributed by atoms with van der Waals surface area (Å²) in [5.74, 6) is 0. The Bertz CT molecular complexity index is 629. The van der Waals surface area contributed by atoms with E-state index in [2.05, 4.69) is 72.6 Å². The van der Waals surface area contributed by atoms with Gasteiger partial charge in [-0.2, -0.15) is 0 Å². The predicted molar refractivity (Wildman–Crippen MR) is 95.6 cm³/mol. The number of aryl methyl sites for hydroxylation is 1. The molecule has 23 heavy (non-hydrogen) atoms. The van der Waals surface area contributed by atoms with E-state index < -0.39 is 0 Å². The first-order valence-electron chi connectivity index (χ1n) is 8.44. The van der Waals surface area contributed by atoms with E-state index >= 15 is 0 Å². The summed E-state index contributed by atoms with van der Waals surface area (Å²) in [6.07, 6.45) is 0.599. The zero-order chi connectivity index (χ0) is 16.2. The standard InChI is InChI=1S/C20H26N2O/c1-15-7-6-10-18(13-15)21-19-11-12-22(14-20(19)23)16(2)17-8-4-3-5-9-17/h3-10,13,16,19-21,23H,11-12,14H2,1-2H3/t16?,19-,20-/m0/s1. The van der Waals surface area contributed by atoms with Crippen molar-refractivity contribution in [3.63, 3.8) is 0 Å². The van der Waals surface area contributed by atoms with Gasteiger partial charge in [0, 0.05) is 24.8 Å². The summed E-state index contributed by atoms with van der Waals surface area (Å²) >= 11 is 0. The van der Waals surface area contributed by atoms with E-state index in [-0.39, 0.29) is 12.1 Å². The van der Waals surface area contributed by atoms with Crippen molar-refractivity contribution in [3.05, 3.63) is 65.7 Å². The second-order valence-corrected chi connectivity index (χ2v) is 6.56. The number of β-amino-alcohol motifs (C(OH)–C–C–N with tert-alkyl or cyclic N) is 1. The fraction of sp³-hybridized carbons (Fsp3) is 0.400. The molecule has 0 spiro atoms. The first kappa shape index (κ1) is 16.0. The third-order valence-corrected chi connectivity index (χ3v) is 4.81. The first-order valence-corrected chi connectivity index (χ1v) is 8.44. The maximum atomic E-state index is 10.6. The number of anilines is 1. The predicted octanol–water partition coefficient (Wildman–Crippen LogP) is 3.60. The summed E-state index contributed by atoms with van der Waals surface area (Å²) in [7, 11) is 0. The molecular formula is C20H26N2O. The Labute approximate surface area is 139 Å². The normalized spacial score (nSPS) is 23.4. The molecule has 2 N–H and O–H groups in total. The Kier molecular flexibility index (Phi) is 4.99. The molecule has 122 valence electrons. The second kappa shape index (κ2) is 7.16. The minimum Gasteiger partial charge on any atom is -0.390 e. The van der Waals surface area contributed by atoms with E-state index in [1.807, 2.05) is 6.07 Å². The van der Waals surface area contributed by atoms with Crippen LogP contribution < -0.4 is 5.32 Å². The molecule has 3 nitrogen and oxygen atoms in total. The van der Waals surface area contributed by atoms with Crippen molar-refractivity contribution in [2.75, 3.05) is 18.4 Å². The lowest BCUT2D eigenvalue weighted by Crippen LogP contribution is -2.50. The number of aliphatic hydroxyl groups is 1. The minimum atomic E-state index is -0.351. The number of nitrogens with one attached hydrogen (secondary N) is 1. The molecule has 3 rings (SSSR count). The molecule has 2 aromatic carbocycles. The summed E-state index contributed by atoms with van der Waals surface area (Å²) in [6.45, 7) is 6.01. The molecule has 0 aromatic heterocycles. The number of rotatable bonds is 4. The van der Waals surface area contributed by atoms with Crippen molar-refractivity contribution in [1.29, 1.82) is 0 Å². The van der Waals surface area contributed by atoms with Crippen molar-refractivity contribution in [3.8, 4) is 0 Å². The van der Waals surface area contributed by atoms with Crippen LogP contribution in [0.5, 0.6) is 0 Å². The topological polar surface area (TPSA) is 35.5 Å². The fourth-order valence-electron chi connectivity index (χ4n) is 3.37. The van der Waals surface area contributed by atoms with E-state index in [1.54, 1.807) is 0 Å². The quantitative estimate of drug-likeness (QED) is 0.905. The number of hydrogen-bond donors (Lipinski definition) is 2. The lowest BCUT2D eigenvalue weighted by molar-refractivity contribution is 0.0408. The van der Waals surface area contributed by atoms with Crippen LogP contribution in [-0.4, -0.2) is 35.2 Å². The fourth-order valence-corrected chi connectivity index (χ4v) is 3.37. The number of nitrogens with zero attached hydrogens (tertiary/aromatic N) is 1. The number of piperidine rings is 1. The lowest BCUT2D eigenvalue weighted by Gasteiger charge is -2.40. The zero-order valence-corrected chi connectivity index (χ0v) is 13.9. The van der Waals surface area contributed by atoms with Crippen LogP contribution in [0.1, 0.15) is 30.5 Å². The van der Waals surface area contributed by atoms with E-state index in [0.717, 1.165) is 18.7 Å². The molecule has 3 heteroatoms. The van der Waals surface area contributed by atoms with Crippen molar-refractivity contribution in [2.24, 2.45) is 0 Å². The van der Waals surface area contributed by atoms with Gasteiger partial charge in [0.25, 0.3) is 0 Å². The highest BCUT2D eigenvalue weighted by Crippen LogP contribution is 2.25. The van der Waals surface area contributed by atoms with Gasteiger partial charge < -0.3 is 10.4 Å². The first-order chi connectivity index (χ1) is 11.1. The Morgan fingerprint density at radius 3 is 2.61 bits per heavy atom. The number of benzene rings is 2. The van der Waals surface area contributed by atoms with Crippen molar-refractivity contribution in [1.82, 2.24) is 4.90 Å². The van der Waals surface area contributed by atoms with Crippen LogP contribution in [0.3, 0.4) is 0 Å². The second-order valence-electron chi connectivity index (χ2n) is 6.56. The SMILES string of the molecule is Cc1cccc(N[C@H]2CCN(C(C)c3ccccc3)C[C@@H]2O)c1. The van der Waals surface area contributed by atoms with Crippen LogP contribution in [-0.2, 0) is 0 Å². The van der Waals surface area contributed by atoms with E-state index in [4.69, 9.17) is 0 Å². The van der Waals surface area contributed by atoms with E-state index in [1.165, 1.54) is 11.1 Å². The summed E-state index contributed by atoms with van der Waals surface area (Å²) < 4.78 is 0. The molecule has 0 bridgehead atoms. The smallest absolute Gasteiger partial charge is 0.0868 e. The van der Waals surface area contributed by atoms with Crippen LogP contribution in [0.4, 0.5) is 5.69 Å². The molecule has 1 heterocycles. The Balaban J connectivity index is 1.61. The number of aliphatic hydroxyl groups excluding tert-OH is 1. The third kappa shape index (κ3) is 3.92. The van der Waals surface area contributed by atoms with E-state index in [0.29, 0.717) is 12.6 Å². The monoisotopic (exact) mass is 310 g/mol. The molecule has 1 unspecified atom stereocenters. The molecule has 1 fully saturated rings. The highest BCUT2D eigenvalue weighted by molar-refractivity contribution is 5.46. The van der Waals surface area contributed by atoms with Gasteiger partial charge in [0.2, 0.25) is 0 Å².